The summed E-state index contributed by atoms with van der Waals surface area (Å²) < 4.78 is 22.2. The van der Waals surface area contributed by atoms with E-state index in [1.165, 1.54) is 0 Å². The van der Waals surface area contributed by atoms with Crippen molar-refractivity contribution in [1.82, 2.24) is 9.88 Å². The minimum atomic E-state index is -3.52. The number of rotatable bonds is 5. The molecular formula is C12H19N3O3S2. The van der Waals surface area contributed by atoms with Crippen LogP contribution in [-0.4, -0.2) is 43.1 Å². The van der Waals surface area contributed by atoms with Gasteiger partial charge >= 0.3 is 0 Å². The van der Waals surface area contributed by atoms with Crippen LogP contribution in [-0.2, 0) is 14.8 Å². The van der Waals surface area contributed by atoms with Crippen molar-refractivity contribution in [1.29, 1.82) is 0 Å². The van der Waals surface area contributed by atoms with E-state index in [-0.39, 0.29) is 29.9 Å². The molecule has 1 aliphatic rings. The van der Waals surface area contributed by atoms with Gasteiger partial charge in [0.2, 0.25) is 15.9 Å². The lowest BCUT2D eigenvalue weighted by Crippen LogP contribution is -2.30. The molecule has 112 valence electrons. The first kappa shape index (κ1) is 15.4. The molecule has 0 radical (unpaired) electrons. The van der Waals surface area contributed by atoms with Gasteiger partial charge < -0.3 is 4.90 Å². The SMILES string of the molecule is Cc1csc(C(C)CN2CC(CS(N)(=O)=O)CC2=O)n1. The summed E-state index contributed by atoms with van der Waals surface area (Å²) in [5, 5.41) is 8.03. The molecule has 1 aromatic heterocycles. The quantitative estimate of drug-likeness (QED) is 0.864. The molecule has 1 fully saturated rings. The molecule has 1 saturated heterocycles. The largest absolute Gasteiger partial charge is 0.342 e. The van der Waals surface area contributed by atoms with Crippen LogP contribution in [0.25, 0.3) is 0 Å². The summed E-state index contributed by atoms with van der Waals surface area (Å²) >= 11 is 1.59. The highest BCUT2D eigenvalue weighted by atomic mass is 32.2. The molecule has 2 heterocycles. The first-order valence-electron chi connectivity index (χ1n) is 6.45. The molecule has 0 aliphatic carbocycles. The van der Waals surface area contributed by atoms with E-state index in [0.717, 1.165) is 10.7 Å². The molecule has 0 spiro atoms. The fourth-order valence-corrected chi connectivity index (χ4v) is 4.21. The van der Waals surface area contributed by atoms with Crippen molar-refractivity contribution in [2.75, 3.05) is 18.8 Å². The van der Waals surface area contributed by atoms with Crippen LogP contribution in [0.2, 0.25) is 0 Å². The van der Waals surface area contributed by atoms with Crippen LogP contribution in [0.4, 0.5) is 0 Å². The van der Waals surface area contributed by atoms with Crippen molar-refractivity contribution >= 4 is 27.3 Å². The second kappa shape index (κ2) is 5.79. The molecule has 6 nitrogen and oxygen atoms in total. The summed E-state index contributed by atoms with van der Waals surface area (Å²) in [5.41, 5.74) is 0.983. The van der Waals surface area contributed by atoms with Crippen LogP contribution in [0.5, 0.6) is 0 Å². The van der Waals surface area contributed by atoms with Crippen molar-refractivity contribution < 1.29 is 13.2 Å². The molecule has 0 bridgehead atoms. The molecule has 20 heavy (non-hydrogen) atoms. The van der Waals surface area contributed by atoms with Crippen LogP contribution in [0.1, 0.15) is 30.0 Å². The van der Waals surface area contributed by atoms with Crippen molar-refractivity contribution in [3.63, 3.8) is 0 Å². The zero-order chi connectivity index (χ0) is 14.9. The highest BCUT2D eigenvalue weighted by Gasteiger charge is 2.32. The Labute approximate surface area is 123 Å². The number of thiazole rings is 1. The number of nitrogens with two attached hydrogens (primary N) is 1. The van der Waals surface area contributed by atoms with Gasteiger partial charge in [-0.3, -0.25) is 4.79 Å². The third-order valence-electron chi connectivity index (χ3n) is 3.32. The van der Waals surface area contributed by atoms with Gasteiger partial charge in [-0.15, -0.1) is 11.3 Å². The van der Waals surface area contributed by atoms with Gasteiger partial charge in [-0.05, 0) is 6.92 Å². The molecule has 8 heteroatoms. The molecule has 1 aromatic rings. The Morgan fingerprint density at radius 1 is 1.60 bits per heavy atom. The first-order valence-corrected chi connectivity index (χ1v) is 9.04. The molecule has 2 rings (SSSR count). The van der Waals surface area contributed by atoms with Crippen LogP contribution in [0.15, 0.2) is 5.38 Å². The van der Waals surface area contributed by atoms with E-state index in [2.05, 4.69) is 4.98 Å². The fourth-order valence-electron chi connectivity index (χ4n) is 2.48. The van der Waals surface area contributed by atoms with E-state index in [9.17, 15) is 13.2 Å². The lowest BCUT2D eigenvalue weighted by atomic mass is 10.1. The Morgan fingerprint density at radius 3 is 2.85 bits per heavy atom. The third kappa shape index (κ3) is 4.00. The number of carbonyl (C=O) groups excluding carboxylic acids is 1. The summed E-state index contributed by atoms with van der Waals surface area (Å²) in [6, 6.07) is 0. The minimum absolute atomic E-state index is 0.00113. The molecule has 1 amide bonds. The van der Waals surface area contributed by atoms with Gasteiger partial charge in [0.15, 0.2) is 0 Å². The zero-order valence-corrected chi connectivity index (χ0v) is 13.2. The summed E-state index contributed by atoms with van der Waals surface area (Å²) in [7, 11) is -3.52. The Morgan fingerprint density at radius 2 is 2.30 bits per heavy atom. The lowest BCUT2D eigenvalue weighted by Gasteiger charge is -2.20. The van der Waals surface area contributed by atoms with Crippen molar-refractivity contribution in [2.45, 2.75) is 26.2 Å². The highest BCUT2D eigenvalue weighted by molar-refractivity contribution is 7.89. The Bertz CT molecular complexity index is 597. The molecule has 2 atom stereocenters. The summed E-state index contributed by atoms with van der Waals surface area (Å²) in [4.78, 5) is 18.1. The molecular weight excluding hydrogens is 298 g/mol. The van der Waals surface area contributed by atoms with E-state index in [1.807, 2.05) is 19.2 Å². The van der Waals surface area contributed by atoms with Crippen LogP contribution >= 0.6 is 11.3 Å². The minimum Gasteiger partial charge on any atom is -0.342 e. The molecule has 2 unspecified atom stereocenters. The average Bonchev–Trinajstić information content (AvgIpc) is 2.84. The maximum atomic E-state index is 11.9. The Hall–Kier alpha value is -0.990. The number of aromatic nitrogens is 1. The number of carbonyl (C=O) groups is 1. The number of hydrogen-bond donors (Lipinski definition) is 1. The van der Waals surface area contributed by atoms with Gasteiger partial charge in [0, 0.05) is 42.4 Å². The third-order valence-corrected chi connectivity index (χ3v) is 5.45. The normalized spacial score (nSPS) is 21.4. The number of primary sulfonamides is 1. The van der Waals surface area contributed by atoms with Gasteiger partial charge in [-0.25, -0.2) is 18.5 Å². The lowest BCUT2D eigenvalue weighted by molar-refractivity contribution is -0.127. The molecule has 1 aliphatic heterocycles. The summed E-state index contributed by atoms with van der Waals surface area (Å²) in [6.07, 6.45) is 0.264. The maximum absolute atomic E-state index is 11.9. The second-order valence-electron chi connectivity index (χ2n) is 5.43. The van der Waals surface area contributed by atoms with Gasteiger partial charge in [0.05, 0.1) is 10.8 Å². The number of nitrogens with zero attached hydrogens (tertiary/aromatic N) is 2. The van der Waals surface area contributed by atoms with E-state index >= 15 is 0 Å². The van der Waals surface area contributed by atoms with Crippen molar-refractivity contribution in [3.05, 3.63) is 16.1 Å². The van der Waals surface area contributed by atoms with Gasteiger partial charge in [-0.2, -0.15) is 0 Å². The van der Waals surface area contributed by atoms with Crippen LogP contribution < -0.4 is 5.14 Å². The fraction of sp³-hybridized carbons (Fsp3) is 0.667. The summed E-state index contributed by atoms with van der Waals surface area (Å²) in [5.74, 6) is -0.160. The number of amides is 1. The van der Waals surface area contributed by atoms with E-state index < -0.39 is 10.0 Å². The van der Waals surface area contributed by atoms with Crippen molar-refractivity contribution in [2.24, 2.45) is 11.1 Å². The van der Waals surface area contributed by atoms with Gasteiger partial charge in [0.25, 0.3) is 0 Å². The van der Waals surface area contributed by atoms with E-state index in [1.54, 1.807) is 16.2 Å². The zero-order valence-electron chi connectivity index (χ0n) is 11.6. The van der Waals surface area contributed by atoms with E-state index in [0.29, 0.717) is 13.1 Å². The monoisotopic (exact) mass is 317 g/mol. The topological polar surface area (TPSA) is 93.4 Å². The predicted molar refractivity (Wildman–Crippen MR) is 77.9 cm³/mol. The van der Waals surface area contributed by atoms with Crippen LogP contribution in [0, 0.1) is 12.8 Å². The summed E-state index contributed by atoms with van der Waals surface area (Å²) in [6.45, 7) is 5.01. The predicted octanol–water partition coefficient (Wildman–Crippen LogP) is 0.692. The second-order valence-corrected chi connectivity index (χ2v) is 7.98. The smallest absolute Gasteiger partial charge is 0.222 e. The average molecular weight is 317 g/mol. The first-order chi connectivity index (χ1) is 9.24. The molecule has 2 N–H and O–H groups in total. The molecule has 0 aromatic carbocycles. The number of sulfonamides is 1. The Balaban J connectivity index is 1.95. The van der Waals surface area contributed by atoms with Crippen molar-refractivity contribution in [3.8, 4) is 0 Å². The highest BCUT2D eigenvalue weighted by Crippen LogP contribution is 2.25. The van der Waals surface area contributed by atoms with E-state index in [4.69, 9.17) is 5.14 Å². The maximum Gasteiger partial charge on any atom is 0.222 e. The van der Waals surface area contributed by atoms with Gasteiger partial charge in [-0.1, -0.05) is 6.92 Å². The Kier molecular flexibility index (Phi) is 4.46. The van der Waals surface area contributed by atoms with Crippen LogP contribution in [0.3, 0.4) is 0 Å². The standard InChI is InChI=1S/C12H19N3O3S2/c1-8(12-14-9(2)6-19-12)4-15-5-10(3-11(15)16)7-20(13,17)18/h6,8,10H,3-5,7H2,1-2H3,(H2,13,17,18). The van der Waals surface area contributed by atoms with Gasteiger partial charge in [0.1, 0.15) is 0 Å². The number of aryl methyl sites for hydroxylation is 1. The number of likely N-dealkylation sites (tertiary alicyclic amines) is 1. The molecule has 0 saturated carbocycles. The number of hydrogen-bond acceptors (Lipinski definition) is 5.